The van der Waals surface area contributed by atoms with Gasteiger partial charge in [-0.1, -0.05) is 13.0 Å². The van der Waals surface area contributed by atoms with Crippen LogP contribution >= 0.6 is 11.3 Å². The normalized spacial score (nSPS) is 17.2. The lowest BCUT2D eigenvalue weighted by Gasteiger charge is -2.15. The summed E-state index contributed by atoms with van der Waals surface area (Å²) < 4.78 is 5.64. The zero-order valence-corrected chi connectivity index (χ0v) is 20.6. The van der Waals surface area contributed by atoms with Crippen molar-refractivity contribution in [2.75, 3.05) is 18.5 Å². The molecule has 2 aliphatic rings. The quantitative estimate of drug-likeness (QED) is 0.387. The highest BCUT2D eigenvalue weighted by Crippen LogP contribution is 2.38. The first kappa shape index (κ1) is 23.6. The van der Waals surface area contributed by atoms with Crippen molar-refractivity contribution >= 4 is 28.2 Å². The average Bonchev–Trinajstić information content (AvgIpc) is 3.62. The van der Waals surface area contributed by atoms with Gasteiger partial charge < -0.3 is 20.5 Å². The molecule has 9 heteroatoms. The summed E-state index contributed by atoms with van der Waals surface area (Å²) in [6.07, 6.45) is 6.72. The fourth-order valence-electron chi connectivity index (χ4n) is 4.75. The van der Waals surface area contributed by atoms with Gasteiger partial charge in [0.1, 0.15) is 16.4 Å². The summed E-state index contributed by atoms with van der Waals surface area (Å²) in [5.74, 6) is -0.430. The number of anilines is 1. The van der Waals surface area contributed by atoms with Gasteiger partial charge in [0.15, 0.2) is 0 Å². The van der Waals surface area contributed by atoms with Crippen molar-refractivity contribution in [1.29, 1.82) is 0 Å². The minimum absolute atomic E-state index is 0.0532. The number of aromatic amines is 1. The van der Waals surface area contributed by atoms with E-state index in [0.29, 0.717) is 28.4 Å². The molecule has 0 spiro atoms. The monoisotopic (exact) mass is 494 g/mol. The van der Waals surface area contributed by atoms with Crippen molar-refractivity contribution in [3.63, 3.8) is 0 Å². The standard InChI is InChI=1S/C26H30N4O4S/c1-2-15-9-10-21(31)18(12-15)19-13-20(30-29-19)24(32)28-26-23(17-7-3-4-8-22(17)35-26)25(33)27-14-16-6-5-11-34-16/h9-10,12-13,16,31H,2-8,11,14H2,1H3,(H,27,33)(H,28,32)(H,29,30). The smallest absolute Gasteiger partial charge is 0.274 e. The first-order valence-electron chi connectivity index (χ1n) is 12.3. The predicted octanol–water partition coefficient (Wildman–Crippen LogP) is 4.45. The maximum Gasteiger partial charge on any atom is 0.274 e. The Labute approximate surface area is 208 Å². The molecule has 1 aliphatic carbocycles. The first-order chi connectivity index (χ1) is 17.0. The second-order valence-electron chi connectivity index (χ2n) is 9.09. The molecule has 0 radical (unpaired) electrons. The van der Waals surface area contributed by atoms with E-state index in [9.17, 15) is 14.7 Å². The molecule has 0 saturated carbocycles. The Morgan fingerprint density at radius 1 is 1.20 bits per heavy atom. The van der Waals surface area contributed by atoms with Crippen LogP contribution in [0.25, 0.3) is 11.3 Å². The summed E-state index contributed by atoms with van der Waals surface area (Å²) in [7, 11) is 0. The number of hydrogen-bond donors (Lipinski definition) is 4. The molecule has 3 heterocycles. The maximum absolute atomic E-state index is 13.2. The van der Waals surface area contributed by atoms with Gasteiger partial charge in [-0.2, -0.15) is 5.10 Å². The number of fused-ring (bicyclic) bond motifs is 1. The van der Waals surface area contributed by atoms with Gasteiger partial charge in [0, 0.05) is 23.6 Å². The van der Waals surface area contributed by atoms with E-state index >= 15 is 0 Å². The second-order valence-corrected chi connectivity index (χ2v) is 10.2. The van der Waals surface area contributed by atoms with Crippen LogP contribution in [-0.4, -0.2) is 46.4 Å². The molecule has 5 rings (SSSR count). The van der Waals surface area contributed by atoms with E-state index in [0.717, 1.165) is 62.7 Å². The van der Waals surface area contributed by atoms with E-state index in [-0.39, 0.29) is 29.4 Å². The number of phenols is 1. The van der Waals surface area contributed by atoms with Crippen LogP contribution in [-0.2, 0) is 24.0 Å². The predicted molar refractivity (Wildman–Crippen MR) is 135 cm³/mol. The second kappa shape index (κ2) is 10.2. The van der Waals surface area contributed by atoms with Crippen molar-refractivity contribution in [2.45, 2.75) is 58.0 Å². The minimum atomic E-state index is -0.373. The Bertz CT molecular complexity index is 1240. The van der Waals surface area contributed by atoms with E-state index in [1.165, 1.54) is 16.2 Å². The van der Waals surface area contributed by atoms with Crippen molar-refractivity contribution in [1.82, 2.24) is 15.5 Å². The number of ether oxygens (including phenoxy) is 1. The molecule has 1 fully saturated rings. The van der Waals surface area contributed by atoms with E-state index < -0.39 is 0 Å². The SMILES string of the molecule is CCc1ccc(O)c(-c2cc(C(=O)Nc3sc4c(c3C(=O)NCC3CCCO3)CCCC4)[nH]n2)c1. The van der Waals surface area contributed by atoms with Crippen LogP contribution in [0.5, 0.6) is 5.75 Å². The molecular formula is C26H30N4O4S. The lowest BCUT2D eigenvalue weighted by Crippen LogP contribution is -2.32. The van der Waals surface area contributed by atoms with Crippen LogP contribution in [0.4, 0.5) is 5.00 Å². The highest BCUT2D eigenvalue weighted by Gasteiger charge is 2.28. The number of rotatable bonds is 7. The van der Waals surface area contributed by atoms with Gasteiger partial charge in [-0.25, -0.2) is 0 Å². The summed E-state index contributed by atoms with van der Waals surface area (Å²) in [5, 5.41) is 23.8. The number of carbonyl (C=O) groups is 2. The van der Waals surface area contributed by atoms with Gasteiger partial charge in [0.2, 0.25) is 0 Å². The van der Waals surface area contributed by atoms with Gasteiger partial charge in [0.05, 0.1) is 17.4 Å². The fourth-order valence-corrected chi connectivity index (χ4v) is 6.03. The fraction of sp³-hybridized carbons (Fsp3) is 0.423. The molecule has 2 aromatic heterocycles. The van der Waals surface area contributed by atoms with Gasteiger partial charge in [-0.15, -0.1) is 11.3 Å². The van der Waals surface area contributed by atoms with Gasteiger partial charge in [0.25, 0.3) is 11.8 Å². The highest BCUT2D eigenvalue weighted by molar-refractivity contribution is 7.17. The summed E-state index contributed by atoms with van der Waals surface area (Å²) in [5.41, 5.74) is 4.01. The van der Waals surface area contributed by atoms with Crippen LogP contribution in [0.2, 0.25) is 0 Å². The third-order valence-electron chi connectivity index (χ3n) is 6.71. The summed E-state index contributed by atoms with van der Waals surface area (Å²) in [6, 6.07) is 6.99. The Morgan fingerprint density at radius 2 is 2.06 bits per heavy atom. The number of carbonyl (C=O) groups excluding carboxylic acids is 2. The Morgan fingerprint density at radius 3 is 2.86 bits per heavy atom. The summed E-state index contributed by atoms with van der Waals surface area (Å²) in [6.45, 7) is 3.25. The number of aromatic nitrogens is 2. The van der Waals surface area contributed by atoms with Crippen molar-refractivity contribution < 1.29 is 19.4 Å². The Kier molecular flexibility index (Phi) is 6.88. The van der Waals surface area contributed by atoms with Crippen molar-refractivity contribution in [2.24, 2.45) is 0 Å². The lowest BCUT2D eigenvalue weighted by molar-refractivity contribution is 0.0858. The molecule has 1 unspecified atom stereocenters. The lowest BCUT2D eigenvalue weighted by atomic mass is 9.95. The third kappa shape index (κ3) is 4.97. The number of aromatic hydroxyl groups is 1. The number of phenolic OH excluding ortho intramolecular Hbond substituents is 1. The van der Waals surface area contributed by atoms with Crippen molar-refractivity contribution in [3.8, 4) is 17.0 Å². The number of nitrogens with one attached hydrogen (secondary N) is 3. The van der Waals surface area contributed by atoms with Crippen LogP contribution in [0.3, 0.4) is 0 Å². The molecule has 184 valence electrons. The Hall–Kier alpha value is -3.17. The summed E-state index contributed by atoms with van der Waals surface area (Å²) in [4.78, 5) is 27.5. The topological polar surface area (TPSA) is 116 Å². The Balaban J connectivity index is 1.37. The van der Waals surface area contributed by atoms with Crippen LogP contribution < -0.4 is 10.6 Å². The van der Waals surface area contributed by atoms with E-state index in [2.05, 4.69) is 20.8 Å². The van der Waals surface area contributed by atoms with Gasteiger partial charge in [-0.3, -0.25) is 14.7 Å². The summed E-state index contributed by atoms with van der Waals surface area (Å²) >= 11 is 1.48. The molecule has 35 heavy (non-hydrogen) atoms. The zero-order chi connectivity index (χ0) is 24.4. The van der Waals surface area contributed by atoms with Crippen molar-refractivity contribution in [3.05, 3.63) is 51.5 Å². The molecule has 2 amide bonds. The first-order valence-corrected chi connectivity index (χ1v) is 13.1. The maximum atomic E-state index is 13.2. The number of aryl methyl sites for hydroxylation is 2. The molecule has 1 aromatic carbocycles. The largest absolute Gasteiger partial charge is 0.507 e. The van der Waals surface area contributed by atoms with Crippen LogP contribution in [0, 0.1) is 0 Å². The molecule has 1 saturated heterocycles. The van der Waals surface area contributed by atoms with Gasteiger partial charge in [-0.05, 0) is 74.3 Å². The number of H-pyrrole nitrogens is 1. The average molecular weight is 495 g/mol. The number of nitrogens with zero attached hydrogens (tertiary/aromatic N) is 1. The molecule has 1 aliphatic heterocycles. The molecule has 4 N–H and O–H groups in total. The third-order valence-corrected chi connectivity index (χ3v) is 7.91. The van der Waals surface area contributed by atoms with Gasteiger partial charge >= 0.3 is 0 Å². The highest BCUT2D eigenvalue weighted by atomic mass is 32.1. The molecule has 1 atom stereocenters. The minimum Gasteiger partial charge on any atom is -0.507 e. The molecule has 8 nitrogen and oxygen atoms in total. The van der Waals surface area contributed by atoms with E-state index in [1.54, 1.807) is 12.1 Å². The number of hydrogen-bond acceptors (Lipinski definition) is 6. The molecular weight excluding hydrogens is 464 g/mol. The number of benzene rings is 1. The molecule has 3 aromatic rings. The number of thiophene rings is 1. The van der Waals surface area contributed by atoms with Crippen LogP contribution in [0.15, 0.2) is 24.3 Å². The van der Waals surface area contributed by atoms with E-state index in [4.69, 9.17) is 4.74 Å². The molecule has 0 bridgehead atoms. The van der Waals surface area contributed by atoms with Crippen LogP contribution in [0.1, 0.15) is 69.5 Å². The van der Waals surface area contributed by atoms with E-state index in [1.807, 2.05) is 19.1 Å². The zero-order valence-electron chi connectivity index (χ0n) is 19.8. The number of amides is 2.